The zero-order valence-electron chi connectivity index (χ0n) is 21.5. The van der Waals surface area contributed by atoms with Crippen molar-refractivity contribution in [2.45, 2.75) is 38.3 Å². The summed E-state index contributed by atoms with van der Waals surface area (Å²) in [7, 11) is 0. The lowest BCUT2D eigenvalue weighted by molar-refractivity contribution is -0.145. The highest BCUT2D eigenvalue weighted by molar-refractivity contribution is 6.30. The van der Waals surface area contributed by atoms with E-state index in [1.54, 1.807) is 6.92 Å². The molecule has 0 heterocycles. The predicted molar refractivity (Wildman–Crippen MR) is 152 cm³/mol. The monoisotopic (exact) mass is 529 g/mol. The first-order chi connectivity index (χ1) is 18.5. The van der Waals surface area contributed by atoms with Crippen molar-refractivity contribution in [2.75, 3.05) is 19.8 Å². The smallest absolute Gasteiger partial charge is 0.344 e. The summed E-state index contributed by atoms with van der Waals surface area (Å²) in [4.78, 5) is 12.1. The van der Waals surface area contributed by atoms with Gasteiger partial charge in [-0.25, -0.2) is 4.79 Å². The fraction of sp³-hybridized carbons (Fsp3) is 0.281. The van der Waals surface area contributed by atoms with E-state index in [9.17, 15) is 9.90 Å². The van der Waals surface area contributed by atoms with Gasteiger partial charge >= 0.3 is 5.97 Å². The number of carbonyl (C=O) groups is 1. The summed E-state index contributed by atoms with van der Waals surface area (Å²) < 4.78 is 11.2. The Balaban J connectivity index is 1.36. The molecule has 2 atom stereocenters. The van der Waals surface area contributed by atoms with Crippen LogP contribution in [0, 0.1) is 0 Å². The molecule has 0 radical (unpaired) electrons. The van der Waals surface area contributed by atoms with Gasteiger partial charge in [0.25, 0.3) is 0 Å². The fourth-order valence-electron chi connectivity index (χ4n) is 5.17. The summed E-state index contributed by atoms with van der Waals surface area (Å²) in [5.41, 5.74) is 5.44. The Hall–Kier alpha value is -3.38. The normalized spacial score (nSPS) is 15.6. The maximum absolute atomic E-state index is 12.1. The predicted octanol–water partition coefficient (Wildman–Crippen LogP) is 6.28. The molecular formula is C32H32ClNO4. The number of hydrogen-bond acceptors (Lipinski definition) is 5. The molecule has 1 aliphatic rings. The molecule has 2 unspecified atom stereocenters. The Labute approximate surface area is 228 Å². The Bertz CT molecular complexity index is 1440. The SMILES string of the molecule is CCOC(=O)COc1c(-c2ccc3c(c2)CC(NCC(O)c2cccc(Cl)c2)CC3)ccc2ccccc12. The average Bonchev–Trinajstić information content (AvgIpc) is 2.94. The lowest BCUT2D eigenvalue weighted by atomic mass is 9.86. The lowest BCUT2D eigenvalue weighted by Gasteiger charge is -2.27. The molecule has 5 rings (SSSR count). The molecule has 196 valence electrons. The van der Waals surface area contributed by atoms with Gasteiger partial charge in [-0.3, -0.25) is 0 Å². The fourth-order valence-corrected chi connectivity index (χ4v) is 5.37. The van der Waals surface area contributed by atoms with E-state index >= 15 is 0 Å². The third kappa shape index (κ3) is 6.02. The molecule has 6 heteroatoms. The van der Waals surface area contributed by atoms with Crippen molar-refractivity contribution < 1.29 is 19.4 Å². The Kier molecular flexibility index (Phi) is 8.28. The highest BCUT2D eigenvalue weighted by Crippen LogP contribution is 2.38. The van der Waals surface area contributed by atoms with E-state index in [2.05, 4.69) is 35.6 Å². The van der Waals surface area contributed by atoms with Crippen molar-refractivity contribution in [3.8, 4) is 16.9 Å². The van der Waals surface area contributed by atoms with Crippen LogP contribution in [0.4, 0.5) is 0 Å². The van der Waals surface area contributed by atoms with E-state index in [1.165, 1.54) is 11.1 Å². The first-order valence-electron chi connectivity index (χ1n) is 13.1. The Morgan fingerprint density at radius 1 is 1.05 bits per heavy atom. The number of carbonyl (C=O) groups excluding carboxylic acids is 1. The molecule has 4 aromatic rings. The van der Waals surface area contributed by atoms with Gasteiger partial charge in [0, 0.05) is 28.6 Å². The summed E-state index contributed by atoms with van der Waals surface area (Å²) in [5.74, 6) is 0.303. The highest BCUT2D eigenvalue weighted by Gasteiger charge is 2.21. The molecular weight excluding hydrogens is 498 g/mol. The summed E-state index contributed by atoms with van der Waals surface area (Å²) in [6.45, 7) is 2.44. The molecule has 0 aliphatic heterocycles. The molecule has 0 amide bonds. The van der Waals surface area contributed by atoms with Gasteiger partial charge in [0.05, 0.1) is 12.7 Å². The number of nitrogens with one attached hydrogen (secondary N) is 1. The molecule has 0 saturated carbocycles. The van der Waals surface area contributed by atoms with Gasteiger partial charge in [-0.2, -0.15) is 0 Å². The van der Waals surface area contributed by atoms with E-state index in [0.29, 0.717) is 23.9 Å². The number of benzene rings is 4. The first-order valence-corrected chi connectivity index (χ1v) is 13.5. The molecule has 5 nitrogen and oxygen atoms in total. The van der Waals surface area contributed by atoms with Gasteiger partial charge in [0.15, 0.2) is 6.61 Å². The Morgan fingerprint density at radius 2 is 1.92 bits per heavy atom. The minimum atomic E-state index is -0.613. The summed E-state index contributed by atoms with van der Waals surface area (Å²) >= 11 is 6.09. The molecule has 0 bridgehead atoms. The summed E-state index contributed by atoms with van der Waals surface area (Å²) in [5, 5.41) is 16.8. The summed E-state index contributed by atoms with van der Waals surface area (Å²) in [6, 6.07) is 26.4. The van der Waals surface area contributed by atoms with E-state index in [0.717, 1.165) is 46.7 Å². The quantitative estimate of drug-likeness (QED) is 0.250. The zero-order chi connectivity index (χ0) is 26.5. The number of hydrogen-bond donors (Lipinski definition) is 2. The maximum atomic E-state index is 12.1. The van der Waals surface area contributed by atoms with Gasteiger partial charge in [-0.1, -0.05) is 78.3 Å². The molecule has 0 spiro atoms. The topological polar surface area (TPSA) is 67.8 Å². The second-order valence-electron chi connectivity index (χ2n) is 9.66. The number of fused-ring (bicyclic) bond motifs is 2. The van der Waals surface area contributed by atoms with Crippen molar-refractivity contribution in [1.82, 2.24) is 5.32 Å². The second-order valence-corrected chi connectivity index (χ2v) is 10.1. The Morgan fingerprint density at radius 3 is 2.76 bits per heavy atom. The average molecular weight is 530 g/mol. The number of ether oxygens (including phenoxy) is 2. The molecule has 0 aromatic heterocycles. The van der Waals surface area contributed by atoms with E-state index in [1.807, 2.05) is 48.5 Å². The number of halogens is 1. The van der Waals surface area contributed by atoms with Crippen molar-refractivity contribution in [2.24, 2.45) is 0 Å². The van der Waals surface area contributed by atoms with Crippen molar-refractivity contribution in [3.05, 3.63) is 101 Å². The minimum Gasteiger partial charge on any atom is -0.481 e. The standard InChI is InChI=1S/C32H32ClNO4/c1-2-37-31(36)20-38-32-28-9-4-3-6-22(28)13-15-29(32)23-11-10-21-12-14-27(18-25(21)16-23)34-19-30(35)24-7-5-8-26(33)17-24/h3-11,13,15-17,27,30,34-35H,2,12,14,18-20H2,1H3. The van der Waals surface area contributed by atoms with Crippen LogP contribution in [0.15, 0.2) is 78.9 Å². The van der Waals surface area contributed by atoms with Crippen LogP contribution in [0.2, 0.25) is 5.02 Å². The first kappa shape index (κ1) is 26.2. The van der Waals surface area contributed by atoms with Crippen LogP contribution in [-0.2, 0) is 22.4 Å². The van der Waals surface area contributed by atoms with Crippen molar-refractivity contribution >= 4 is 28.3 Å². The number of aliphatic hydroxyl groups excluding tert-OH is 1. The maximum Gasteiger partial charge on any atom is 0.344 e. The molecule has 38 heavy (non-hydrogen) atoms. The van der Waals surface area contributed by atoms with Gasteiger partial charge in [0.1, 0.15) is 5.75 Å². The lowest BCUT2D eigenvalue weighted by Crippen LogP contribution is -2.37. The number of esters is 1. The van der Waals surface area contributed by atoms with Crippen LogP contribution in [0.3, 0.4) is 0 Å². The number of aliphatic hydroxyl groups is 1. The van der Waals surface area contributed by atoms with Crippen LogP contribution >= 0.6 is 11.6 Å². The number of rotatable bonds is 9. The second kappa shape index (κ2) is 12.0. The number of aryl methyl sites for hydroxylation is 1. The highest BCUT2D eigenvalue weighted by atomic mass is 35.5. The van der Waals surface area contributed by atoms with Gasteiger partial charge in [-0.05, 0) is 66.0 Å². The van der Waals surface area contributed by atoms with Gasteiger partial charge in [0.2, 0.25) is 0 Å². The largest absolute Gasteiger partial charge is 0.481 e. The van der Waals surface area contributed by atoms with Crippen LogP contribution in [0.25, 0.3) is 21.9 Å². The zero-order valence-corrected chi connectivity index (χ0v) is 22.2. The van der Waals surface area contributed by atoms with Gasteiger partial charge < -0.3 is 19.9 Å². The molecule has 2 N–H and O–H groups in total. The van der Waals surface area contributed by atoms with Crippen molar-refractivity contribution in [3.63, 3.8) is 0 Å². The molecule has 1 aliphatic carbocycles. The van der Waals surface area contributed by atoms with Crippen LogP contribution in [0.5, 0.6) is 5.75 Å². The minimum absolute atomic E-state index is 0.138. The molecule has 0 saturated heterocycles. The summed E-state index contributed by atoms with van der Waals surface area (Å²) in [6.07, 6.45) is 2.25. The van der Waals surface area contributed by atoms with Crippen LogP contribution < -0.4 is 10.1 Å². The molecule has 4 aromatic carbocycles. The van der Waals surface area contributed by atoms with E-state index in [-0.39, 0.29) is 18.6 Å². The van der Waals surface area contributed by atoms with Gasteiger partial charge in [-0.15, -0.1) is 0 Å². The van der Waals surface area contributed by atoms with Crippen molar-refractivity contribution in [1.29, 1.82) is 0 Å². The molecule has 0 fully saturated rings. The van der Waals surface area contributed by atoms with E-state index in [4.69, 9.17) is 21.1 Å². The third-order valence-corrected chi connectivity index (χ3v) is 7.33. The van der Waals surface area contributed by atoms with Crippen LogP contribution in [0.1, 0.15) is 36.1 Å². The third-order valence-electron chi connectivity index (χ3n) is 7.10. The van der Waals surface area contributed by atoms with Crippen LogP contribution in [-0.4, -0.2) is 36.9 Å². The van der Waals surface area contributed by atoms with E-state index < -0.39 is 6.10 Å².